The smallest absolute Gasteiger partial charge is 0.123 e. The Morgan fingerprint density at radius 2 is 1.67 bits per heavy atom. The maximum Gasteiger partial charge on any atom is 0.123 e. The van der Waals surface area contributed by atoms with Crippen LogP contribution in [0.5, 0.6) is 11.5 Å². The zero-order valence-corrected chi connectivity index (χ0v) is 14.3. The molecule has 0 amide bonds. The van der Waals surface area contributed by atoms with Gasteiger partial charge in [0.1, 0.15) is 11.5 Å². The Balaban J connectivity index is 1.92. The van der Waals surface area contributed by atoms with E-state index in [-0.39, 0.29) is 6.04 Å². The van der Waals surface area contributed by atoms with E-state index in [0.717, 1.165) is 43.1 Å². The van der Waals surface area contributed by atoms with Gasteiger partial charge in [0, 0.05) is 24.8 Å². The lowest BCUT2D eigenvalue weighted by atomic mass is 9.95. The first-order valence-electron chi connectivity index (χ1n) is 8.42. The van der Waals surface area contributed by atoms with Gasteiger partial charge < -0.3 is 19.5 Å². The molecule has 128 valence electrons. The normalized spacial score (nSPS) is 16.6. The highest BCUT2D eigenvalue weighted by Crippen LogP contribution is 2.32. The van der Waals surface area contributed by atoms with Gasteiger partial charge in [-0.2, -0.15) is 0 Å². The van der Waals surface area contributed by atoms with Crippen LogP contribution in [0.15, 0.2) is 48.5 Å². The molecule has 4 heteroatoms. The van der Waals surface area contributed by atoms with Crippen LogP contribution in [0.2, 0.25) is 0 Å². The number of nitrogens with one attached hydrogen (secondary N) is 1. The van der Waals surface area contributed by atoms with Gasteiger partial charge in [0.25, 0.3) is 0 Å². The summed E-state index contributed by atoms with van der Waals surface area (Å²) in [6.45, 7) is 1.64. The van der Waals surface area contributed by atoms with E-state index in [9.17, 15) is 0 Å². The Bertz CT molecular complexity index is 636. The average molecular weight is 327 g/mol. The van der Waals surface area contributed by atoms with Gasteiger partial charge in [-0.25, -0.2) is 0 Å². The van der Waals surface area contributed by atoms with Crippen molar-refractivity contribution in [3.63, 3.8) is 0 Å². The fourth-order valence-corrected chi connectivity index (χ4v) is 3.17. The second kappa shape index (κ2) is 8.18. The van der Waals surface area contributed by atoms with Crippen LogP contribution in [0, 0.1) is 0 Å². The van der Waals surface area contributed by atoms with Crippen molar-refractivity contribution in [2.45, 2.75) is 24.9 Å². The van der Waals surface area contributed by atoms with Crippen LogP contribution >= 0.6 is 0 Å². The van der Waals surface area contributed by atoms with Crippen molar-refractivity contribution in [1.29, 1.82) is 0 Å². The highest BCUT2D eigenvalue weighted by molar-refractivity contribution is 5.43. The molecule has 0 saturated carbocycles. The molecule has 0 aliphatic carbocycles. The molecule has 1 atom stereocenters. The first kappa shape index (κ1) is 16.8. The number of rotatable bonds is 6. The Morgan fingerprint density at radius 1 is 0.958 bits per heavy atom. The van der Waals surface area contributed by atoms with E-state index in [1.807, 2.05) is 24.3 Å². The second-order valence-corrected chi connectivity index (χ2v) is 6.00. The van der Waals surface area contributed by atoms with Crippen molar-refractivity contribution in [3.8, 4) is 11.5 Å². The molecule has 0 radical (unpaired) electrons. The van der Waals surface area contributed by atoms with Crippen LogP contribution in [0.1, 0.15) is 30.0 Å². The molecule has 4 nitrogen and oxygen atoms in total. The Morgan fingerprint density at radius 3 is 2.33 bits per heavy atom. The maximum absolute atomic E-state index is 5.59. The van der Waals surface area contributed by atoms with Crippen molar-refractivity contribution < 1.29 is 14.2 Å². The van der Waals surface area contributed by atoms with Crippen LogP contribution < -0.4 is 14.8 Å². The van der Waals surface area contributed by atoms with Gasteiger partial charge in [0.2, 0.25) is 0 Å². The summed E-state index contributed by atoms with van der Waals surface area (Å²) in [5.41, 5.74) is 2.35. The molecule has 1 fully saturated rings. The van der Waals surface area contributed by atoms with Gasteiger partial charge >= 0.3 is 0 Å². The summed E-state index contributed by atoms with van der Waals surface area (Å²) in [6.07, 6.45) is 2.06. The van der Waals surface area contributed by atoms with Gasteiger partial charge in [0.15, 0.2) is 0 Å². The summed E-state index contributed by atoms with van der Waals surface area (Å²) in [6, 6.07) is 16.9. The lowest BCUT2D eigenvalue weighted by Gasteiger charge is -2.30. The summed E-state index contributed by atoms with van der Waals surface area (Å²) < 4.78 is 16.4. The van der Waals surface area contributed by atoms with Gasteiger partial charge in [-0.15, -0.1) is 0 Å². The van der Waals surface area contributed by atoms with Crippen LogP contribution in [-0.4, -0.2) is 33.5 Å². The third-order valence-electron chi connectivity index (χ3n) is 4.52. The highest BCUT2D eigenvalue weighted by atomic mass is 16.5. The summed E-state index contributed by atoms with van der Waals surface area (Å²) in [7, 11) is 3.41. The molecule has 2 aromatic carbocycles. The summed E-state index contributed by atoms with van der Waals surface area (Å²) in [4.78, 5) is 0. The molecule has 3 rings (SSSR count). The molecule has 1 saturated heterocycles. The van der Waals surface area contributed by atoms with Gasteiger partial charge in [-0.05, 0) is 36.6 Å². The largest absolute Gasteiger partial charge is 0.497 e. The van der Waals surface area contributed by atoms with Gasteiger partial charge in [-0.3, -0.25) is 0 Å². The first-order valence-corrected chi connectivity index (χ1v) is 8.42. The van der Waals surface area contributed by atoms with Gasteiger partial charge in [-0.1, -0.05) is 30.3 Å². The second-order valence-electron chi connectivity index (χ2n) is 6.00. The molecule has 1 N–H and O–H groups in total. The molecule has 24 heavy (non-hydrogen) atoms. The molecular weight excluding hydrogens is 302 g/mol. The summed E-state index contributed by atoms with van der Waals surface area (Å²) in [5.74, 6) is 1.77. The molecule has 1 heterocycles. The van der Waals surface area contributed by atoms with Crippen LogP contribution in [0.3, 0.4) is 0 Å². The van der Waals surface area contributed by atoms with Gasteiger partial charge in [0.05, 0.1) is 20.3 Å². The molecule has 1 aliphatic rings. The molecular formula is C20H25NO3. The Hall–Kier alpha value is -2.04. The first-order chi connectivity index (χ1) is 11.8. The number of ether oxygens (including phenoxy) is 3. The van der Waals surface area contributed by atoms with E-state index in [1.165, 1.54) is 5.56 Å². The molecule has 2 aromatic rings. The number of para-hydroxylation sites is 1. The SMILES string of the molecule is COc1ccc(C(NC2CCOCC2)c2ccccc2OC)cc1. The van der Waals surface area contributed by atoms with Crippen molar-refractivity contribution in [2.24, 2.45) is 0 Å². The highest BCUT2D eigenvalue weighted by Gasteiger charge is 2.23. The minimum Gasteiger partial charge on any atom is -0.497 e. The minimum atomic E-state index is 0.0788. The average Bonchev–Trinajstić information content (AvgIpc) is 2.67. The fraction of sp³-hybridized carbons (Fsp3) is 0.400. The number of benzene rings is 2. The van der Waals surface area contributed by atoms with E-state index in [4.69, 9.17) is 14.2 Å². The predicted octanol–water partition coefficient (Wildman–Crippen LogP) is 3.56. The molecule has 0 spiro atoms. The lowest BCUT2D eigenvalue weighted by Crippen LogP contribution is -2.38. The summed E-state index contributed by atoms with van der Waals surface area (Å²) in [5, 5.41) is 3.80. The zero-order chi connectivity index (χ0) is 16.8. The predicted molar refractivity (Wildman–Crippen MR) is 94.8 cm³/mol. The van der Waals surface area contributed by atoms with E-state index in [2.05, 4.69) is 29.6 Å². The molecule has 0 aromatic heterocycles. The quantitative estimate of drug-likeness (QED) is 0.880. The van der Waals surface area contributed by atoms with E-state index in [0.29, 0.717) is 6.04 Å². The number of hydrogen-bond acceptors (Lipinski definition) is 4. The number of methoxy groups -OCH3 is 2. The molecule has 1 unspecified atom stereocenters. The third-order valence-corrected chi connectivity index (χ3v) is 4.52. The number of hydrogen-bond donors (Lipinski definition) is 1. The monoisotopic (exact) mass is 327 g/mol. The summed E-state index contributed by atoms with van der Waals surface area (Å²) >= 11 is 0. The Labute approximate surface area is 143 Å². The third kappa shape index (κ3) is 3.89. The van der Waals surface area contributed by atoms with E-state index in [1.54, 1.807) is 14.2 Å². The lowest BCUT2D eigenvalue weighted by molar-refractivity contribution is 0.0760. The molecule has 0 bridgehead atoms. The van der Waals surface area contributed by atoms with Crippen molar-refractivity contribution >= 4 is 0 Å². The van der Waals surface area contributed by atoms with Crippen molar-refractivity contribution in [2.75, 3.05) is 27.4 Å². The maximum atomic E-state index is 5.59. The van der Waals surface area contributed by atoms with E-state index >= 15 is 0 Å². The molecule has 1 aliphatic heterocycles. The van der Waals surface area contributed by atoms with Crippen molar-refractivity contribution in [3.05, 3.63) is 59.7 Å². The van der Waals surface area contributed by atoms with Crippen LogP contribution in [0.4, 0.5) is 0 Å². The zero-order valence-electron chi connectivity index (χ0n) is 14.3. The minimum absolute atomic E-state index is 0.0788. The van der Waals surface area contributed by atoms with Crippen molar-refractivity contribution in [1.82, 2.24) is 5.32 Å². The van der Waals surface area contributed by atoms with E-state index < -0.39 is 0 Å². The fourth-order valence-electron chi connectivity index (χ4n) is 3.17. The van der Waals surface area contributed by atoms with Crippen LogP contribution in [-0.2, 0) is 4.74 Å². The topological polar surface area (TPSA) is 39.7 Å². The van der Waals surface area contributed by atoms with Crippen LogP contribution in [0.25, 0.3) is 0 Å². The standard InChI is InChI=1S/C20H25NO3/c1-22-17-9-7-15(8-10-17)20(21-16-11-13-24-14-12-16)18-5-3-4-6-19(18)23-2/h3-10,16,20-21H,11-14H2,1-2H3. The Kier molecular flexibility index (Phi) is 5.72.